The van der Waals surface area contributed by atoms with Crippen LogP contribution < -0.4 is 9.64 Å². The van der Waals surface area contributed by atoms with E-state index in [4.69, 9.17) is 9.72 Å². The standard InChI is InChI=1S/C24H21N3O/c1-17-21-12-14-27(16-18-7-5-6-13-25-18)24(21)22-15-20(10-11-23(22)26-17)28-19-8-3-2-4-9-19/h2-11,13,15H,12,14,16H2,1H3. The summed E-state index contributed by atoms with van der Waals surface area (Å²) in [6.45, 7) is 3.89. The number of aryl methyl sites for hydroxylation is 1. The molecule has 4 nitrogen and oxygen atoms in total. The number of aromatic nitrogens is 2. The number of rotatable bonds is 4. The molecule has 1 aliphatic heterocycles. The van der Waals surface area contributed by atoms with Crippen molar-refractivity contribution >= 4 is 16.6 Å². The van der Waals surface area contributed by atoms with Crippen molar-refractivity contribution < 1.29 is 4.74 Å². The molecule has 138 valence electrons. The highest BCUT2D eigenvalue weighted by molar-refractivity contribution is 5.96. The van der Waals surface area contributed by atoms with Gasteiger partial charge in [-0.05, 0) is 61.4 Å². The highest BCUT2D eigenvalue weighted by Crippen LogP contribution is 2.39. The number of anilines is 1. The molecule has 4 aromatic rings. The van der Waals surface area contributed by atoms with Crippen LogP contribution in [0, 0.1) is 6.92 Å². The SMILES string of the molecule is Cc1nc2ccc(Oc3ccccc3)cc2c2c1CCN2Cc1ccccn1. The molecule has 0 bridgehead atoms. The Bertz CT molecular complexity index is 1130. The van der Waals surface area contributed by atoms with E-state index in [1.165, 1.54) is 11.3 Å². The van der Waals surface area contributed by atoms with Crippen molar-refractivity contribution in [3.8, 4) is 11.5 Å². The molecule has 3 heterocycles. The third kappa shape index (κ3) is 3.07. The molecule has 0 spiro atoms. The average molecular weight is 367 g/mol. The van der Waals surface area contributed by atoms with Gasteiger partial charge >= 0.3 is 0 Å². The summed E-state index contributed by atoms with van der Waals surface area (Å²) in [6, 6.07) is 22.1. The van der Waals surface area contributed by atoms with E-state index >= 15 is 0 Å². The molecule has 5 rings (SSSR count). The first-order chi connectivity index (χ1) is 13.8. The molecular weight excluding hydrogens is 346 g/mol. The van der Waals surface area contributed by atoms with E-state index in [1.807, 2.05) is 54.7 Å². The third-order valence-electron chi connectivity index (χ3n) is 5.24. The topological polar surface area (TPSA) is 38.2 Å². The molecule has 0 atom stereocenters. The Morgan fingerprint density at radius 3 is 2.64 bits per heavy atom. The van der Waals surface area contributed by atoms with Crippen LogP contribution in [0.25, 0.3) is 10.9 Å². The summed E-state index contributed by atoms with van der Waals surface area (Å²) in [5.74, 6) is 1.67. The highest BCUT2D eigenvalue weighted by Gasteiger charge is 2.25. The van der Waals surface area contributed by atoms with Crippen LogP contribution in [0.4, 0.5) is 5.69 Å². The maximum absolute atomic E-state index is 6.07. The molecular formula is C24H21N3O. The van der Waals surface area contributed by atoms with Crippen molar-refractivity contribution in [2.75, 3.05) is 11.4 Å². The fraction of sp³-hybridized carbons (Fsp3) is 0.167. The molecule has 0 N–H and O–H groups in total. The minimum atomic E-state index is 0.802. The van der Waals surface area contributed by atoms with E-state index in [9.17, 15) is 0 Å². The minimum absolute atomic E-state index is 0.802. The van der Waals surface area contributed by atoms with Gasteiger partial charge in [-0.3, -0.25) is 9.97 Å². The maximum Gasteiger partial charge on any atom is 0.128 e. The monoisotopic (exact) mass is 367 g/mol. The van der Waals surface area contributed by atoms with Gasteiger partial charge in [-0.25, -0.2) is 0 Å². The Kier molecular flexibility index (Phi) is 4.17. The lowest BCUT2D eigenvalue weighted by Crippen LogP contribution is -2.20. The van der Waals surface area contributed by atoms with Crippen molar-refractivity contribution in [1.82, 2.24) is 9.97 Å². The molecule has 0 aliphatic carbocycles. The van der Waals surface area contributed by atoms with Crippen molar-refractivity contribution in [3.05, 3.63) is 89.9 Å². The molecule has 0 saturated heterocycles. The van der Waals surface area contributed by atoms with E-state index < -0.39 is 0 Å². The minimum Gasteiger partial charge on any atom is -0.457 e. The van der Waals surface area contributed by atoms with Gasteiger partial charge in [-0.15, -0.1) is 0 Å². The average Bonchev–Trinajstić information content (AvgIpc) is 3.15. The smallest absolute Gasteiger partial charge is 0.128 e. The summed E-state index contributed by atoms with van der Waals surface area (Å²) in [5.41, 5.74) is 5.80. The van der Waals surface area contributed by atoms with Gasteiger partial charge in [0.15, 0.2) is 0 Å². The molecule has 2 aromatic heterocycles. The summed E-state index contributed by atoms with van der Waals surface area (Å²) in [6.07, 6.45) is 2.87. The fourth-order valence-electron chi connectivity index (χ4n) is 3.94. The zero-order valence-electron chi connectivity index (χ0n) is 15.8. The van der Waals surface area contributed by atoms with Crippen LogP contribution in [0.15, 0.2) is 72.9 Å². The molecule has 2 aromatic carbocycles. The van der Waals surface area contributed by atoms with Crippen LogP contribution in [-0.4, -0.2) is 16.5 Å². The summed E-state index contributed by atoms with van der Waals surface area (Å²) in [4.78, 5) is 11.8. The first kappa shape index (κ1) is 16.8. The van der Waals surface area contributed by atoms with Gasteiger partial charge in [0.2, 0.25) is 0 Å². The predicted molar refractivity (Wildman–Crippen MR) is 112 cm³/mol. The van der Waals surface area contributed by atoms with Gasteiger partial charge in [0.1, 0.15) is 11.5 Å². The summed E-state index contributed by atoms with van der Waals surface area (Å²) < 4.78 is 6.07. The lowest BCUT2D eigenvalue weighted by atomic mass is 10.1. The number of para-hydroxylation sites is 1. The van der Waals surface area contributed by atoms with E-state index in [-0.39, 0.29) is 0 Å². The number of nitrogens with zero attached hydrogens (tertiary/aromatic N) is 3. The van der Waals surface area contributed by atoms with E-state index in [0.29, 0.717) is 0 Å². The second-order valence-electron chi connectivity index (χ2n) is 7.11. The zero-order valence-corrected chi connectivity index (χ0v) is 15.8. The molecule has 28 heavy (non-hydrogen) atoms. The maximum atomic E-state index is 6.07. The molecule has 0 saturated carbocycles. The second-order valence-corrected chi connectivity index (χ2v) is 7.11. The highest BCUT2D eigenvalue weighted by atomic mass is 16.5. The van der Waals surface area contributed by atoms with Crippen LogP contribution >= 0.6 is 0 Å². The van der Waals surface area contributed by atoms with E-state index in [2.05, 4.69) is 35.0 Å². The van der Waals surface area contributed by atoms with Gasteiger partial charge < -0.3 is 9.64 Å². The van der Waals surface area contributed by atoms with Crippen LogP contribution in [0.2, 0.25) is 0 Å². The normalized spacial score (nSPS) is 13.0. The number of benzene rings is 2. The molecule has 0 unspecified atom stereocenters. The first-order valence-corrected chi connectivity index (χ1v) is 9.59. The van der Waals surface area contributed by atoms with Gasteiger partial charge in [0, 0.05) is 23.8 Å². The number of fused-ring (bicyclic) bond motifs is 3. The first-order valence-electron chi connectivity index (χ1n) is 9.59. The predicted octanol–water partition coefficient (Wildman–Crippen LogP) is 5.29. The summed E-state index contributed by atoms with van der Waals surface area (Å²) in [7, 11) is 0. The van der Waals surface area contributed by atoms with Crippen molar-refractivity contribution in [1.29, 1.82) is 0 Å². The number of pyridine rings is 2. The Labute approximate surface area is 164 Å². The van der Waals surface area contributed by atoms with E-state index in [1.54, 1.807) is 0 Å². The van der Waals surface area contributed by atoms with Crippen LogP contribution in [0.1, 0.15) is 17.0 Å². The van der Waals surface area contributed by atoms with Gasteiger partial charge in [0.05, 0.1) is 23.4 Å². The van der Waals surface area contributed by atoms with Crippen molar-refractivity contribution in [3.63, 3.8) is 0 Å². The number of hydrogen-bond acceptors (Lipinski definition) is 4. The molecule has 0 amide bonds. The van der Waals surface area contributed by atoms with Crippen LogP contribution in [0.5, 0.6) is 11.5 Å². The molecule has 4 heteroatoms. The lowest BCUT2D eigenvalue weighted by molar-refractivity contribution is 0.483. The van der Waals surface area contributed by atoms with Gasteiger partial charge in [-0.2, -0.15) is 0 Å². The summed E-state index contributed by atoms with van der Waals surface area (Å²) >= 11 is 0. The number of hydrogen-bond donors (Lipinski definition) is 0. The Balaban J connectivity index is 1.57. The van der Waals surface area contributed by atoms with Gasteiger partial charge in [-0.1, -0.05) is 24.3 Å². The fourth-order valence-corrected chi connectivity index (χ4v) is 3.94. The zero-order chi connectivity index (χ0) is 18.9. The summed E-state index contributed by atoms with van der Waals surface area (Å²) in [5, 5.41) is 1.14. The lowest BCUT2D eigenvalue weighted by Gasteiger charge is -2.21. The molecule has 1 aliphatic rings. The van der Waals surface area contributed by atoms with Crippen molar-refractivity contribution in [2.24, 2.45) is 0 Å². The van der Waals surface area contributed by atoms with Crippen LogP contribution in [0.3, 0.4) is 0 Å². The Morgan fingerprint density at radius 1 is 0.964 bits per heavy atom. The third-order valence-corrected chi connectivity index (χ3v) is 5.24. The van der Waals surface area contributed by atoms with E-state index in [0.717, 1.165) is 53.3 Å². The van der Waals surface area contributed by atoms with Crippen LogP contribution in [-0.2, 0) is 13.0 Å². The largest absolute Gasteiger partial charge is 0.457 e. The molecule has 0 fully saturated rings. The second kappa shape index (κ2) is 6.97. The molecule has 0 radical (unpaired) electrons. The van der Waals surface area contributed by atoms with Gasteiger partial charge in [0.25, 0.3) is 0 Å². The number of ether oxygens (including phenoxy) is 1. The van der Waals surface area contributed by atoms with Crippen molar-refractivity contribution in [2.45, 2.75) is 19.9 Å². The Morgan fingerprint density at radius 2 is 1.82 bits per heavy atom. The Hall–Kier alpha value is -3.40. The quantitative estimate of drug-likeness (QED) is 0.491.